The minimum atomic E-state index is -0.415. The highest BCUT2D eigenvalue weighted by Gasteiger charge is 2.15. The van der Waals surface area contributed by atoms with Crippen LogP contribution in [0.2, 0.25) is 5.02 Å². The number of nitrogens with one attached hydrogen (secondary N) is 1. The maximum atomic E-state index is 13.8. The molecule has 0 aliphatic rings. The second-order valence-corrected chi connectivity index (χ2v) is 8.73. The molecule has 2 aromatic carbocycles. The van der Waals surface area contributed by atoms with Crippen molar-refractivity contribution >= 4 is 23.2 Å². The zero-order valence-corrected chi connectivity index (χ0v) is 19.9. The molecule has 34 heavy (non-hydrogen) atoms. The highest BCUT2D eigenvalue weighted by atomic mass is 35.5. The van der Waals surface area contributed by atoms with E-state index in [1.165, 1.54) is 12.3 Å². The molecule has 0 saturated heterocycles. The van der Waals surface area contributed by atoms with Crippen LogP contribution in [0, 0.1) is 12.7 Å². The van der Waals surface area contributed by atoms with E-state index >= 15 is 0 Å². The third kappa shape index (κ3) is 5.48. The Bertz CT molecular complexity index is 1310. The van der Waals surface area contributed by atoms with Crippen LogP contribution in [0.3, 0.4) is 0 Å². The van der Waals surface area contributed by atoms with Gasteiger partial charge in [0.1, 0.15) is 23.9 Å². The summed E-state index contributed by atoms with van der Waals surface area (Å²) in [6, 6.07) is 13.6. The van der Waals surface area contributed by atoms with Gasteiger partial charge in [0.25, 0.3) is 5.91 Å². The number of furan rings is 1. The zero-order valence-electron chi connectivity index (χ0n) is 19.1. The summed E-state index contributed by atoms with van der Waals surface area (Å²) >= 11 is 6.26. The molecule has 0 spiro atoms. The fraction of sp³-hybridized carbons (Fsp3) is 0.231. The summed E-state index contributed by atoms with van der Waals surface area (Å²) in [5.74, 6) is 0.927. The van der Waals surface area contributed by atoms with Crippen molar-refractivity contribution in [2.45, 2.75) is 39.8 Å². The molecule has 0 atom stereocenters. The van der Waals surface area contributed by atoms with E-state index in [2.05, 4.69) is 24.3 Å². The zero-order chi connectivity index (χ0) is 24.2. The molecule has 0 bridgehead atoms. The van der Waals surface area contributed by atoms with Gasteiger partial charge in [-0.25, -0.2) is 4.39 Å². The van der Waals surface area contributed by atoms with Crippen molar-refractivity contribution in [1.82, 2.24) is 9.78 Å². The van der Waals surface area contributed by atoms with Gasteiger partial charge in [-0.15, -0.1) is 0 Å². The lowest BCUT2D eigenvalue weighted by atomic mass is 10.0. The van der Waals surface area contributed by atoms with Gasteiger partial charge in [0.15, 0.2) is 5.76 Å². The minimum Gasteiger partial charge on any atom is -0.485 e. The topological polar surface area (TPSA) is 69.3 Å². The first-order valence-corrected chi connectivity index (χ1v) is 11.3. The maximum absolute atomic E-state index is 13.8. The Morgan fingerprint density at radius 3 is 2.79 bits per heavy atom. The number of hydrogen-bond donors (Lipinski definition) is 1. The van der Waals surface area contributed by atoms with E-state index in [0.29, 0.717) is 22.0 Å². The van der Waals surface area contributed by atoms with Crippen molar-refractivity contribution < 1.29 is 18.3 Å². The Kier molecular flexibility index (Phi) is 7.03. The predicted octanol–water partition coefficient (Wildman–Crippen LogP) is 6.58. The number of ether oxygens (including phenoxy) is 1. The second kappa shape index (κ2) is 10.1. The number of carbonyl (C=O) groups excluding carboxylic acids is 1. The van der Waals surface area contributed by atoms with Gasteiger partial charge in [-0.1, -0.05) is 43.6 Å². The molecule has 0 fully saturated rings. The first-order chi connectivity index (χ1) is 16.3. The van der Waals surface area contributed by atoms with E-state index in [4.69, 9.17) is 20.8 Å². The Labute approximate surface area is 202 Å². The molecule has 0 aliphatic heterocycles. The van der Waals surface area contributed by atoms with Gasteiger partial charge in [-0.3, -0.25) is 9.48 Å². The van der Waals surface area contributed by atoms with Gasteiger partial charge in [0.2, 0.25) is 0 Å². The number of carbonyl (C=O) groups is 1. The normalized spacial score (nSPS) is 11.1. The molecule has 6 nitrogen and oxygen atoms in total. The first-order valence-electron chi connectivity index (χ1n) is 10.9. The molecule has 8 heteroatoms. The van der Waals surface area contributed by atoms with E-state index in [0.717, 1.165) is 16.9 Å². The molecular formula is C26H25ClFN3O3. The molecule has 1 N–H and O–H groups in total. The fourth-order valence-electron chi connectivity index (χ4n) is 3.48. The molecule has 1 amide bonds. The van der Waals surface area contributed by atoms with Crippen molar-refractivity contribution in [1.29, 1.82) is 0 Å². The van der Waals surface area contributed by atoms with Crippen LogP contribution in [-0.2, 0) is 13.2 Å². The second-order valence-electron chi connectivity index (χ2n) is 8.32. The minimum absolute atomic E-state index is 0.150. The van der Waals surface area contributed by atoms with Gasteiger partial charge in [-0.2, -0.15) is 5.10 Å². The SMILES string of the molecule is Cc1cc(OCc2ccc(C(=O)Nc3cnn(Cc4ccccc4F)c3)o2)c(C(C)C)cc1Cl. The van der Waals surface area contributed by atoms with Crippen LogP contribution in [0.15, 0.2) is 65.3 Å². The molecule has 2 aromatic heterocycles. The number of aromatic nitrogens is 2. The highest BCUT2D eigenvalue weighted by Crippen LogP contribution is 2.32. The van der Waals surface area contributed by atoms with Crippen LogP contribution in [0.5, 0.6) is 5.75 Å². The number of nitrogens with zero attached hydrogens (tertiary/aromatic N) is 2. The van der Waals surface area contributed by atoms with Crippen LogP contribution in [0.4, 0.5) is 10.1 Å². The van der Waals surface area contributed by atoms with E-state index < -0.39 is 5.91 Å². The number of rotatable bonds is 8. The molecule has 0 unspecified atom stereocenters. The van der Waals surface area contributed by atoms with Crippen molar-refractivity contribution in [3.8, 4) is 5.75 Å². The maximum Gasteiger partial charge on any atom is 0.291 e. The summed E-state index contributed by atoms with van der Waals surface area (Å²) in [6.07, 6.45) is 3.13. The van der Waals surface area contributed by atoms with Crippen molar-refractivity contribution in [3.63, 3.8) is 0 Å². The Morgan fingerprint density at radius 2 is 2.03 bits per heavy atom. The van der Waals surface area contributed by atoms with Crippen LogP contribution in [0.25, 0.3) is 0 Å². The summed E-state index contributed by atoms with van der Waals surface area (Å²) in [5.41, 5.74) is 2.92. The molecule has 0 aliphatic carbocycles. The van der Waals surface area contributed by atoms with Gasteiger partial charge < -0.3 is 14.5 Å². The van der Waals surface area contributed by atoms with E-state index in [1.807, 2.05) is 19.1 Å². The summed E-state index contributed by atoms with van der Waals surface area (Å²) in [4.78, 5) is 12.6. The lowest BCUT2D eigenvalue weighted by Gasteiger charge is -2.15. The van der Waals surface area contributed by atoms with Gasteiger partial charge in [0, 0.05) is 16.8 Å². The molecule has 4 aromatic rings. The Hall–Kier alpha value is -3.58. The van der Waals surface area contributed by atoms with Crippen molar-refractivity contribution in [2.24, 2.45) is 0 Å². The summed E-state index contributed by atoms with van der Waals surface area (Å²) in [5, 5.41) is 7.62. The standard InChI is InChI=1S/C26H25ClFN3O3/c1-16(2)21-11-22(27)17(3)10-25(21)33-15-20-8-9-24(34-20)26(32)30-19-12-29-31(14-19)13-18-6-4-5-7-23(18)28/h4-12,14,16H,13,15H2,1-3H3,(H,30,32). The first kappa shape index (κ1) is 23.6. The Morgan fingerprint density at radius 1 is 1.24 bits per heavy atom. The number of benzene rings is 2. The molecule has 4 rings (SSSR count). The largest absolute Gasteiger partial charge is 0.485 e. The molecule has 0 saturated carbocycles. The molecule has 176 valence electrons. The van der Waals surface area contributed by atoms with E-state index in [1.54, 1.807) is 41.2 Å². The van der Waals surface area contributed by atoms with Gasteiger partial charge in [0.05, 0.1) is 18.4 Å². The highest BCUT2D eigenvalue weighted by molar-refractivity contribution is 6.31. The van der Waals surface area contributed by atoms with E-state index in [9.17, 15) is 9.18 Å². The van der Waals surface area contributed by atoms with Gasteiger partial charge >= 0.3 is 0 Å². The number of halogens is 2. The lowest BCUT2D eigenvalue weighted by molar-refractivity contribution is 0.0992. The van der Waals surface area contributed by atoms with Crippen LogP contribution < -0.4 is 10.1 Å². The molecule has 2 heterocycles. The summed E-state index contributed by atoms with van der Waals surface area (Å²) in [6.45, 7) is 6.50. The number of aryl methyl sites for hydroxylation is 1. The molecular weight excluding hydrogens is 457 g/mol. The average molecular weight is 482 g/mol. The van der Waals surface area contributed by atoms with Crippen molar-refractivity contribution in [2.75, 3.05) is 5.32 Å². The Balaban J connectivity index is 1.38. The van der Waals surface area contributed by atoms with E-state index in [-0.39, 0.29) is 30.6 Å². The van der Waals surface area contributed by atoms with Crippen LogP contribution in [-0.4, -0.2) is 15.7 Å². The number of amides is 1. The fourth-order valence-corrected chi connectivity index (χ4v) is 3.65. The number of anilines is 1. The third-order valence-electron chi connectivity index (χ3n) is 5.35. The van der Waals surface area contributed by atoms with Crippen molar-refractivity contribution in [3.05, 3.63) is 100.0 Å². The summed E-state index contributed by atoms with van der Waals surface area (Å²) in [7, 11) is 0. The van der Waals surface area contributed by atoms with Crippen LogP contribution in [0.1, 0.15) is 52.8 Å². The predicted molar refractivity (Wildman–Crippen MR) is 129 cm³/mol. The number of hydrogen-bond acceptors (Lipinski definition) is 4. The smallest absolute Gasteiger partial charge is 0.291 e. The van der Waals surface area contributed by atoms with Gasteiger partial charge in [-0.05, 0) is 54.3 Å². The monoisotopic (exact) mass is 481 g/mol. The molecule has 0 radical (unpaired) electrons. The quantitative estimate of drug-likeness (QED) is 0.308. The average Bonchev–Trinajstić information content (AvgIpc) is 3.45. The lowest BCUT2D eigenvalue weighted by Crippen LogP contribution is -2.10. The third-order valence-corrected chi connectivity index (χ3v) is 5.76. The summed E-state index contributed by atoms with van der Waals surface area (Å²) < 4.78 is 27.0. The van der Waals surface area contributed by atoms with Crippen LogP contribution >= 0.6 is 11.6 Å².